The van der Waals surface area contributed by atoms with Crippen molar-refractivity contribution in [2.24, 2.45) is 0 Å². The van der Waals surface area contributed by atoms with Gasteiger partial charge in [0, 0.05) is 29.0 Å². The van der Waals surface area contributed by atoms with Gasteiger partial charge in [0.15, 0.2) is 11.5 Å². The number of carbonyl (C=O) groups excluding carboxylic acids is 1. The summed E-state index contributed by atoms with van der Waals surface area (Å²) in [6.07, 6.45) is 1.69. The van der Waals surface area contributed by atoms with E-state index in [1.807, 2.05) is 36.4 Å². The number of fused-ring (bicyclic) bond motifs is 1. The summed E-state index contributed by atoms with van der Waals surface area (Å²) in [6.45, 7) is 0. The number of rotatable bonds is 6. The number of nitrogens with zero attached hydrogens (tertiary/aromatic N) is 2. The Bertz CT molecular complexity index is 1250. The minimum Gasteiger partial charge on any atom is -0.493 e. The maximum atomic E-state index is 12.5. The lowest BCUT2D eigenvalue weighted by Crippen LogP contribution is -2.12. The molecule has 164 valence electrons. The molecule has 0 atom stereocenters. The summed E-state index contributed by atoms with van der Waals surface area (Å²) in [5.41, 5.74) is 2.41. The summed E-state index contributed by atoms with van der Waals surface area (Å²) in [4.78, 5) is 21.4. The molecule has 1 amide bonds. The second kappa shape index (κ2) is 10.2. The minimum atomic E-state index is -0.286. The zero-order chi connectivity index (χ0) is 21.8. The minimum absolute atomic E-state index is 0. The third-order valence-corrected chi connectivity index (χ3v) is 4.90. The molecule has 7 nitrogen and oxygen atoms in total. The van der Waals surface area contributed by atoms with Gasteiger partial charge in [0.1, 0.15) is 0 Å². The molecular formula is C23H20Cl2N4O3. The van der Waals surface area contributed by atoms with E-state index in [9.17, 15) is 4.79 Å². The summed E-state index contributed by atoms with van der Waals surface area (Å²) in [7, 11) is 3.15. The van der Waals surface area contributed by atoms with E-state index in [1.54, 1.807) is 44.7 Å². The van der Waals surface area contributed by atoms with Crippen molar-refractivity contribution in [1.29, 1.82) is 0 Å². The second-order valence-electron chi connectivity index (χ2n) is 6.60. The number of anilines is 3. The molecule has 0 aliphatic rings. The van der Waals surface area contributed by atoms with Crippen molar-refractivity contribution in [3.63, 3.8) is 0 Å². The first-order valence-electron chi connectivity index (χ1n) is 9.39. The summed E-state index contributed by atoms with van der Waals surface area (Å²) in [5, 5.41) is 7.05. The summed E-state index contributed by atoms with van der Waals surface area (Å²) in [5.74, 6) is 1.29. The number of methoxy groups -OCH3 is 2. The van der Waals surface area contributed by atoms with Crippen LogP contribution < -0.4 is 20.1 Å². The zero-order valence-corrected chi connectivity index (χ0v) is 18.8. The van der Waals surface area contributed by atoms with Crippen LogP contribution >= 0.6 is 24.0 Å². The maximum absolute atomic E-state index is 12.5. The lowest BCUT2D eigenvalue weighted by atomic mass is 10.2. The molecule has 0 aliphatic carbocycles. The Labute approximate surface area is 196 Å². The number of hydrogen-bond acceptors (Lipinski definition) is 6. The van der Waals surface area contributed by atoms with Crippen LogP contribution in [0.15, 0.2) is 66.9 Å². The molecule has 0 radical (unpaired) electrons. The number of aromatic nitrogens is 2. The van der Waals surface area contributed by atoms with Gasteiger partial charge in [-0.05, 0) is 36.4 Å². The molecule has 2 N–H and O–H groups in total. The fourth-order valence-electron chi connectivity index (χ4n) is 3.04. The van der Waals surface area contributed by atoms with Gasteiger partial charge in [0.25, 0.3) is 5.91 Å². The van der Waals surface area contributed by atoms with Crippen molar-refractivity contribution in [1.82, 2.24) is 9.97 Å². The van der Waals surface area contributed by atoms with Gasteiger partial charge in [0.2, 0.25) is 5.95 Å². The molecule has 1 aromatic heterocycles. The second-order valence-corrected chi connectivity index (χ2v) is 7.01. The third-order valence-electron chi connectivity index (χ3n) is 4.59. The Hall–Kier alpha value is -3.55. The molecule has 4 rings (SSSR count). The monoisotopic (exact) mass is 470 g/mol. The smallest absolute Gasteiger partial charge is 0.257 e. The Morgan fingerprint density at radius 1 is 0.938 bits per heavy atom. The van der Waals surface area contributed by atoms with Crippen molar-refractivity contribution < 1.29 is 14.3 Å². The van der Waals surface area contributed by atoms with E-state index in [0.717, 1.165) is 5.39 Å². The highest BCUT2D eigenvalue weighted by Gasteiger charge is 2.13. The summed E-state index contributed by atoms with van der Waals surface area (Å²) >= 11 is 6.35. The fraction of sp³-hybridized carbons (Fsp3) is 0.0870. The van der Waals surface area contributed by atoms with Gasteiger partial charge in [-0.2, -0.15) is 0 Å². The average molecular weight is 471 g/mol. The molecule has 0 saturated carbocycles. The first-order chi connectivity index (χ1) is 15.1. The van der Waals surface area contributed by atoms with Gasteiger partial charge in [-0.25, -0.2) is 9.97 Å². The van der Waals surface area contributed by atoms with Crippen molar-refractivity contribution in [3.8, 4) is 11.5 Å². The van der Waals surface area contributed by atoms with E-state index >= 15 is 0 Å². The van der Waals surface area contributed by atoms with Crippen LogP contribution in [-0.2, 0) is 0 Å². The van der Waals surface area contributed by atoms with Crippen LogP contribution in [0.25, 0.3) is 10.9 Å². The average Bonchev–Trinajstić information content (AvgIpc) is 2.78. The van der Waals surface area contributed by atoms with Crippen LogP contribution in [0, 0.1) is 0 Å². The molecule has 32 heavy (non-hydrogen) atoms. The van der Waals surface area contributed by atoms with Crippen LogP contribution in [-0.4, -0.2) is 30.1 Å². The molecule has 0 saturated heterocycles. The van der Waals surface area contributed by atoms with Gasteiger partial charge in [0.05, 0.1) is 30.3 Å². The molecule has 1 heterocycles. The van der Waals surface area contributed by atoms with E-state index in [-0.39, 0.29) is 18.3 Å². The number of benzene rings is 3. The largest absolute Gasteiger partial charge is 0.493 e. The highest BCUT2D eigenvalue weighted by atomic mass is 35.5. The topological polar surface area (TPSA) is 85.4 Å². The van der Waals surface area contributed by atoms with Crippen LogP contribution in [0.4, 0.5) is 17.3 Å². The molecule has 3 aromatic carbocycles. The van der Waals surface area contributed by atoms with Crippen LogP contribution in [0.2, 0.25) is 5.02 Å². The van der Waals surface area contributed by atoms with Crippen molar-refractivity contribution in [2.75, 3.05) is 24.9 Å². The molecule has 0 unspecified atom stereocenters. The first-order valence-corrected chi connectivity index (χ1v) is 9.77. The van der Waals surface area contributed by atoms with Crippen LogP contribution in [0.1, 0.15) is 10.4 Å². The lowest BCUT2D eigenvalue weighted by Gasteiger charge is -2.11. The number of hydrogen-bond donors (Lipinski definition) is 2. The predicted octanol–water partition coefficient (Wildman–Crippen LogP) is 5.72. The van der Waals surface area contributed by atoms with Gasteiger partial charge in [-0.3, -0.25) is 4.79 Å². The predicted molar refractivity (Wildman–Crippen MR) is 129 cm³/mol. The Morgan fingerprint density at radius 2 is 1.66 bits per heavy atom. The maximum Gasteiger partial charge on any atom is 0.257 e. The molecular weight excluding hydrogens is 451 g/mol. The van der Waals surface area contributed by atoms with Crippen molar-refractivity contribution in [3.05, 3.63) is 77.4 Å². The van der Waals surface area contributed by atoms with E-state index in [1.165, 1.54) is 0 Å². The van der Waals surface area contributed by atoms with Gasteiger partial charge >= 0.3 is 0 Å². The highest BCUT2D eigenvalue weighted by Crippen LogP contribution is 2.32. The van der Waals surface area contributed by atoms with E-state index in [2.05, 4.69) is 20.6 Å². The molecule has 0 aliphatic heterocycles. The Morgan fingerprint density at radius 3 is 2.34 bits per heavy atom. The zero-order valence-electron chi connectivity index (χ0n) is 17.3. The summed E-state index contributed by atoms with van der Waals surface area (Å²) < 4.78 is 10.6. The SMILES string of the molecule is COc1cc2cnc(Nc3ccc(C(=O)Nc4ccccc4)c(Cl)c3)nc2cc1OC.Cl. The van der Waals surface area contributed by atoms with Crippen LogP contribution in [0.5, 0.6) is 11.5 Å². The van der Waals surface area contributed by atoms with Gasteiger partial charge < -0.3 is 20.1 Å². The molecule has 0 spiro atoms. The number of ether oxygens (including phenoxy) is 2. The quantitative estimate of drug-likeness (QED) is 0.374. The molecule has 0 bridgehead atoms. The van der Waals surface area contributed by atoms with Gasteiger partial charge in [-0.15, -0.1) is 12.4 Å². The lowest BCUT2D eigenvalue weighted by molar-refractivity contribution is 0.102. The van der Waals surface area contributed by atoms with E-state index in [4.69, 9.17) is 21.1 Å². The van der Waals surface area contributed by atoms with E-state index < -0.39 is 0 Å². The molecule has 0 fully saturated rings. The number of carbonyl (C=O) groups is 1. The number of nitrogens with one attached hydrogen (secondary N) is 2. The first kappa shape index (κ1) is 23.1. The van der Waals surface area contributed by atoms with Crippen molar-refractivity contribution in [2.45, 2.75) is 0 Å². The molecule has 4 aromatic rings. The molecule has 9 heteroatoms. The van der Waals surface area contributed by atoms with Crippen LogP contribution in [0.3, 0.4) is 0 Å². The standard InChI is InChI=1S/C23H19ClN4O3.ClH/c1-30-20-10-14-13-25-23(28-19(14)12-21(20)31-2)27-16-8-9-17(18(24)11-16)22(29)26-15-6-4-3-5-7-15;/h3-13H,1-2H3,(H,26,29)(H,25,27,28);1H. The number of halogens is 2. The summed E-state index contributed by atoms with van der Waals surface area (Å²) in [6, 6.07) is 17.8. The Kier molecular flexibility index (Phi) is 7.35. The third kappa shape index (κ3) is 5.01. The van der Waals surface area contributed by atoms with Crippen molar-refractivity contribution >= 4 is 58.1 Å². The number of para-hydroxylation sites is 1. The van der Waals surface area contributed by atoms with Gasteiger partial charge in [-0.1, -0.05) is 29.8 Å². The number of amides is 1. The fourth-order valence-corrected chi connectivity index (χ4v) is 3.31. The Balaban J connectivity index is 0.00000289. The van der Waals surface area contributed by atoms with E-state index in [0.29, 0.717) is 44.9 Å². The normalized spacial score (nSPS) is 10.2. The highest BCUT2D eigenvalue weighted by molar-refractivity contribution is 6.34.